The largest absolute Gasteiger partial charge is 0.494 e. The number of benzene rings is 1. The van der Waals surface area contributed by atoms with E-state index in [-0.39, 0.29) is 0 Å². The molecule has 1 saturated heterocycles. The normalized spacial score (nSPS) is 20.7. The zero-order valence-corrected chi connectivity index (χ0v) is 15.1. The minimum atomic E-state index is -2.76. The third-order valence-electron chi connectivity index (χ3n) is 3.81. The van der Waals surface area contributed by atoms with Crippen molar-refractivity contribution in [3.05, 3.63) is 29.3 Å². The molecule has 22 heavy (non-hydrogen) atoms. The molecule has 5 heteroatoms. The molecular formula is C17H26O3S2. The van der Waals surface area contributed by atoms with E-state index in [1.165, 1.54) is 11.1 Å². The minimum Gasteiger partial charge on any atom is -0.494 e. The number of rotatable bonds is 7. The van der Waals surface area contributed by atoms with Gasteiger partial charge in [0.05, 0.1) is 18.1 Å². The average Bonchev–Trinajstić information content (AvgIpc) is 2.40. The standard InChI is InChI=1S/C17H26O3S2/c1-14-9-15(2)11-17(10-14)20-6-4-7-21-12-16-5-3-8-22(18,19)13-16/h9-11,16H,3-8,12-13H2,1-2H3/t16-/m0/s1. The van der Waals surface area contributed by atoms with Gasteiger partial charge in [-0.15, -0.1) is 0 Å². The van der Waals surface area contributed by atoms with Crippen LogP contribution >= 0.6 is 11.8 Å². The van der Waals surface area contributed by atoms with E-state index in [0.29, 0.717) is 17.4 Å². The second-order valence-corrected chi connectivity index (χ2v) is 9.60. The highest BCUT2D eigenvalue weighted by Gasteiger charge is 2.24. The highest BCUT2D eigenvalue weighted by atomic mass is 32.2. The number of hydrogen-bond acceptors (Lipinski definition) is 4. The molecule has 2 rings (SSSR count). The predicted octanol–water partition coefficient (Wildman–Crippen LogP) is 3.63. The van der Waals surface area contributed by atoms with Gasteiger partial charge in [0.15, 0.2) is 9.84 Å². The molecule has 0 bridgehead atoms. The Balaban J connectivity index is 1.59. The molecule has 0 aromatic heterocycles. The Bertz CT molecular complexity index is 561. The first-order valence-corrected chi connectivity index (χ1v) is 10.9. The molecule has 1 heterocycles. The molecule has 1 aliphatic rings. The van der Waals surface area contributed by atoms with Crippen LogP contribution in [-0.2, 0) is 9.84 Å². The van der Waals surface area contributed by atoms with Crippen LogP contribution in [0.15, 0.2) is 18.2 Å². The number of aryl methyl sites for hydroxylation is 2. The second-order valence-electron chi connectivity index (χ2n) is 6.22. The van der Waals surface area contributed by atoms with Crippen LogP contribution in [0.5, 0.6) is 5.75 Å². The summed E-state index contributed by atoms with van der Waals surface area (Å²) in [5.74, 6) is 4.06. The van der Waals surface area contributed by atoms with Gasteiger partial charge < -0.3 is 4.74 Å². The van der Waals surface area contributed by atoms with Gasteiger partial charge in [0.2, 0.25) is 0 Å². The lowest BCUT2D eigenvalue weighted by atomic mass is 10.1. The van der Waals surface area contributed by atoms with E-state index in [2.05, 4.69) is 32.0 Å². The van der Waals surface area contributed by atoms with Crippen molar-refractivity contribution in [3.63, 3.8) is 0 Å². The molecule has 0 saturated carbocycles. The van der Waals surface area contributed by atoms with Crippen LogP contribution in [-0.4, -0.2) is 38.0 Å². The summed E-state index contributed by atoms with van der Waals surface area (Å²) >= 11 is 1.86. The Hall–Kier alpha value is -0.680. The molecule has 1 aromatic carbocycles. The third-order valence-corrected chi connectivity index (χ3v) is 6.98. The molecule has 0 radical (unpaired) electrons. The summed E-state index contributed by atoms with van der Waals surface area (Å²) in [7, 11) is -2.76. The van der Waals surface area contributed by atoms with Gasteiger partial charge in [-0.3, -0.25) is 0 Å². The summed E-state index contributed by atoms with van der Waals surface area (Å²) in [6.07, 6.45) is 2.89. The SMILES string of the molecule is Cc1cc(C)cc(OCCCSC[C@@H]2CCCS(=O)(=O)C2)c1. The molecule has 0 aliphatic carbocycles. The zero-order valence-electron chi connectivity index (χ0n) is 13.5. The first-order chi connectivity index (χ1) is 10.4. The van der Waals surface area contributed by atoms with Gasteiger partial charge in [-0.25, -0.2) is 8.42 Å². The Morgan fingerprint density at radius 1 is 1.23 bits per heavy atom. The van der Waals surface area contributed by atoms with Crippen molar-refractivity contribution in [2.45, 2.75) is 33.1 Å². The van der Waals surface area contributed by atoms with Gasteiger partial charge in [0.25, 0.3) is 0 Å². The van der Waals surface area contributed by atoms with Crippen LogP contribution in [0.3, 0.4) is 0 Å². The molecule has 1 aromatic rings. The maximum atomic E-state index is 11.6. The molecule has 1 atom stereocenters. The molecule has 0 spiro atoms. The summed E-state index contributed by atoms with van der Waals surface area (Å²) in [6, 6.07) is 6.26. The Morgan fingerprint density at radius 2 is 1.95 bits per heavy atom. The summed E-state index contributed by atoms with van der Waals surface area (Å²) in [5.41, 5.74) is 2.45. The van der Waals surface area contributed by atoms with Crippen LogP contribution < -0.4 is 4.74 Å². The van der Waals surface area contributed by atoms with Crippen LogP contribution in [0, 0.1) is 19.8 Å². The summed E-state index contributed by atoms with van der Waals surface area (Å²) in [5, 5.41) is 0. The van der Waals surface area contributed by atoms with E-state index in [1.54, 1.807) is 0 Å². The van der Waals surface area contributed by atoms with Crippen molar-refractivity contribution in [1.29, 1.82) is 0 Å². The van der Waals surface area contributed by atoms with Gasteiger partial charge in [0, 0.05) is 0 Å². The van der Waals surface area contributed by atoms with E-state index < -0.39 is 9.84 Å². The van der Waals surface area contributed by atoms with Crippen molar-refractivity contribution in [1.82, 2.24) is 0 Å². The quantitative estimate of drug-likeness (QED) is 0.710. The topological polar surface area (TPSA) is 43.4 Å². The second kappa shape index (κ2) is 8.25. The van der Waals surface area contributed by atoms with Crippen molar-refractivity contribution in [2.24, 2.45) is 5.92 Å². The van der Waals surface area contributed by atoms with E-state index in [9.17, 15) is 8.42 Å². The van der Waals surface area contributed by atoms with Gasteiger partial charge >= 0.3 is 0 Å². The fourth-order valence-electron chi connectivity index (χ4n) is 2.87. The number of thioether (sulfide) groups is 1. The smallest absolute Gasteiger partial charge is 0.150 e. The molecule has 124 valence electrons. The van der Waals surface area contributed by atoms with Crippen LogP contribution in [0.25, 0.3) is 0 Å². The van der Waals surface area contributed by atoms with Crippen molar-refractivity contribution >= 4 is 21.6 Å². The third kappa shape index (κ3) is 6.21. The summed E-state index contributed by atoms with van der Waals surface area (Å²) < 4.78 is 28.9. The number of hydrogen-bond donors (Lipinski definition) is 0. The predicted molar refractivity (Wildman–Crippen MR) is 94.7 cm³/mol. The first-order valence-electron chi connectivity index (χ1n) is 7.94. The lowest BCUT2D eigenvalue weighted by Gasteiger charge is -2.21. The molecular weight excluding hydrogens is 316 g/mol. The van der Waals surface area contributed by atoms with E-state index in [1.807, 2.05) is 11.8 Å². The molecule has 0 N–H and O–H groups in total. The van der Waals surface area contributed by atoms with Crippen LogP contribution in [0.4, 0.5) is 0 Å². The Labute approximate surface area is 138 Å². The molecule has 0 amide bonds. The van der Waals surface area contributed by atoms with Gasteiger partial charge in [0.1, 0.15) is 5.75 Å². The molecule has 0 unspecified atom stereocenters. The molecule has 3 nitrogen and oxygen atoms in total. The highest BCUT2D eigenvalue weighted by Crippen LogP contribution is 2.22. The maximum absolute atomic E-state index is 11.6. The number of ether oxygens (including phenoxy) is 1. The lowest BCUT2D eigenvalue weighted by molar-refractivity contribution is 0.318. The van der Waals surface area contributed by atoms with Crippen LogP contribution in [0.1, 0.15) is 30.4 Å². The lowest BCUT2D eigenvalue weighted by Crippen LogP contribution is -2.26. The van der Waals surface area contributed by atoms with Crippen molar-refractivity contribution in [3.8, 4) is 5.75 Å². The van der Waals surface area contributed by atoms with Gasteiger partial charge in [-0.2, -0.15) is 11.8 Å². The molecule has 1 fully saturated rings. The number of sulfone groups is 1. The Kier molecular flexibility index (Phi) is 6.63. The van der Waals surface area contributed by atoms with Crippen LogP contribution in [0.2, 0.25) is 0 Å². The van der Waals surface area contributed by atoms with E-state index >= 15 is 0 Å². The first kappa shape index (κ1) is 17.7. The molecule has 1 aliphatic heterocycles. The zero-order chi connectivity index (χ0) is 16.0. The van der Waals surface area contributed by atoms with Gasteiger partial charge in [-0.05, 0) is 73.8 Å². The van der Waals surface area contributed by atoms with E-state index in [4.69, 9.17) is 4.74 Å². The van der Waals surface area contributed by atoms with Gasteiger partial charge in [-0.1, -0.05) is 6.07 Å². The van der Waals surface area contributed by atoms with Crippen molar-refractivity contribution < 1.29 is 13.2 Å². The van der Waals surface area contributed by atoms with E-state index in [0.717, 1.165) is 43.1 Å². The summed E-state index contributed by atoms with van der Waals surface area (Å²) in [4.78, 5) is 0. The highest BCUT2D eigenvalue weighted by molar-refractivity contribution is 7.99. The van der Waals surface area contributed by atoms with Crippen molar-refractivity contribution in [2.75, 3.05) is 29.6 Å². The minimum absolute atomic E-state index is 0.351. The fourth-order valence-corrected chi connectivity index (χ4v) is 5.90. The maximum Gasteiger partial charge on any atom is 0.150 e. The monoisotopic (exact) mass is 342 g/mol. The Morgan fingerprint density at radius 3 is 2.64 bits per heavy atom. The summed E-state index contributed by atoms with van der Waals surface area (Å²) in [6.45, 7) is 4.88. The fraction of sp³-hybridized carbons (Fsp3) is 0.647. The average molecular weight is 343 g/mol.